The van der Waals surface area contributed by atoms with E-state index in [0.717, 1.165) is 23.0 Å². The summed E-state index contributed by atoms with van der Waals surface area (Å²) >= 11 is 0. The Morgan fingerprint density at radius 3 is 2.76 bits per heavy atom. The Kier molecular flexibility index (Phi) is 3.75. The second-order valence-electron chi connectivity index (χ2n) is 5.26. The highest BCUT2D eigenvalue weighted by atomic mass is 16.5. The standard InChI is InChI=1S/C16H19N3O2/c1-10-14(7-8-21-10)19-16(20)13-9-18-15(17-2)12-6-4-3-5-11(12)13/h3-6,9-10,14H,7-8H2,1-2H3,(H,17,18)(H,19,20). The molecular weight excluding hydrogens is 266 g/mol. The van der Waals surface area contributed by atoms with Crippen molar-refractivity contribution in [2.24, 2.45) is 0 Å². The fourth-order valence-electron chi connectivity index (χ4n) is 2.74. The monoisotopic (exact) mass is 285 g/mol. The van der Waals surface area contributed by atoms with Crippen molar-refractivity contribution in [2.75, 3.05) is 19.0 Å². The van der Waals surface area contributed by atoms with Gasteiger partial charge < -0.3 is 15.4 Å². The molecule has 110 valence electrons. The highest BCUT2D eigenvalue weighted by Gasteiger charge is 2.26. The molecule has 2 unspecified atom stereocenters. The van der Waals surface area contributed by atoms with E-state index in [4.69, 9.17) is 4.74 Å². The minimum Gasteiger partial charge on any atom is -0.376 e. The number of ether oxygens (including phenoxy) is 1. The predicted octanol–water partition coefficient (Wildman–Crippen LogP) is 2.18. The van der Waals surface area contributed by atoms with Crippen LogP contribution in [0.5, 0.6) is 0 Å². The Labute approximate surface area is 123 Å². The van der Waals surface area contributed by atoms with Crippen LogP contribution in [0.4, 0.5) is 5.82 Å². The van der Waals surface area contributed by atoms with Crippen molar-refractivity contribution in [1.29, 1.82) is 0 Å². The lowest BCUT2D eigenvalue weighted by Gasteiger charge is -2.17. The maximum absolute atomic E-state index is 12.5. The van der Waals surface area contributed by atoms with Gasteiger partial charge in [-0.1, -0.05) is 24.3 Å². The highest BCUT2D eigenvalue weighted by molar-refractivity contribution is 6.09. The van der Waals surface area contributed by atoms with E-state index in [9.17, 15) is 4.79 Å². The summed E-state index contributed by atoms with van der Waals surface area (Å²) in [6.45, 7) is 2.68. The van der Waals surface area contributed by atoms with Crippen LogP contribution in [0.2, 0.25) is 0 Å². The van der Waals surface area contributed by atoms with Crippen molar-refractivity contribution in [3.8, 4) is 0 Å². The Morgan fingerprint density at radius 1 is 1.33 bits per heavy atom. The van der Waals surface area contributed by atoms with E-state index in [1.165, 1.54) is 0 Å². The van der Waals surface area contributed by atoms with Crippen LogP contribution in [0.15, 0.2) is 30.5 Å². The lowest BCUT2D eigenvalue weighted by atomic mass is 10.1. The molecule has 1 aromatic carbocycles. The number of carbonyl (C=O) groups excluding carboxylic acids is 1. The van der Waals surface area contributed by atoms with Crippen LogP contribution >= 0.6 is 0 Å². The number of nitrogens with one attached hydrogen (secondary N) is 2. The van der Waals surface area contributed by atoms with Gasteiger partial charge in [0.15, 0.2) is 0 Å². The molecule has 5 nitrogen and oxygen atoms in total. The molecule has 1 aliphatic heterocycles. The van der Waals surface area contributed by atoms with Crippen LogP contribution < -0.4 is 10.6 Å². The molecule has 0 saturated carbocycles. The second kappa shape index (κ2) is 5.69. The van der Waals surface area contributed by atoms with Crippen molar-refractivity contribution in [2.45, 2.75) is 25.5 Å². The largest absolute Gasteiger partial charge is 0.376 e. The number of carbonyl (C=O) groups is 1. The fourth-order valence-corrected chi connectivity index (χ4v) is 2.74. The quantitative estimate of drug-likeness (QED) is 0.907. The van der Waals surface area contributed by atoms with Crippen LogP contribution in [0.25, 0.3) is 10.8 Å². The summed E-state index contributed by atoms with van der Waals surface area (Å²) in [6.07, 6.45) is 2.54. The van der Waals surface area contributed by atoms with Crippen LogP contribution in [-0.4, -0.2) is 36.7 Å². The Hall–Kier alpha value is -2.14. The molecule has 2 heterocycles. The highest BCUT2D eigenvalue weighted by Crippen LogP contribution is 2.24. The zero-order valence-corrected chi connectivity index (χ0v) is 12.2. The van der Waals surface area contributed by atoms with Gasteiger partial charge in [-0.15, -0.1) is 0 Å². The van der Waals surface area contributed by atoms with Crippen LogP contribution in [0, 0.1) is 0 Å². The van der Waals surface area contributed by atoms with Crippen molar-refractivity contribution in [3.63, 3.8) is 0 Å². The third-order valence-electron chi connectivity index (χ3n) is 3.97. The van der Waals surface area contributed by atoms with Gasteiger partial charge in [-0.05, 0) is 18.7 Å². The molecular formula is C16H19N3O2. The van der Waals surface area contributed by atoms with E-state index in [0.29, 0.717) is 12.2 Å². The van der Waals surface area contributed by atoms with Crippen LogP contribution in [0.3, 0.4) is 0 Å². The molecule has 5 heteroatoms. The summed E-state index contributed by atoms with van der Waals surface area (Å²) in [5.41, 5.74) is 0.601. The minimum absolute atomic E-state index is 0.0600. The molecule has 1 saturated heterocycles. The van der Waals surface area contributed by atoms with Gasteiger partial charge in [0.05, 0.1) is 17.7 Å². The van der Waals surface area contributed by atoms with Gasteiger partial charge in [0.2, 0.25) is 0 Å². The van der Waals surface area contributed by atoms with Gasteiger partial charge >= 0.3 is 0 Å². The number of amides is 1. The summed E-state index contributed by atoms with van der Waals surface area (Å²) in [7, 11) is 1.83. The normalized spacial score (nSPS) is 21.4. The number of anilines is 1. The minimum atomic E-state index is -0.0938. The van der Waals surface area contributed by atoms with Gasteiger partial charge in [0, 0.05) is 25.2 Å². The molecule has 0 bridgehead atoms. The number of rotatable bonds is 3. The molecule has 1 aliphatic rings. The van der Waals surface area contributed by atoms with E-state index < -0.39 is 0 Å². The third kappa shape index (κ3) is 2.56. The van der Waals surface area contributed by atoms with Gasteiger partial charge in [-0.25, -0.2) is 4.98 Å². The molecule has 3 rings (SSSR count). The maximum atomic E-state index is 12.5. The number of nitrogens with zero attached hydrogens (tertiary/aromatic N) is 1. The average molecular weight is 285 g/mol. The van der Waals surface area contributed by atoms with Crippen molar-refractivity contribution < 1.29 is 9.53 Å². The summed E-state index contributed by atoms with van der Waals surface area (Å²) in [5, 5.41) is 7.95. The van der Waals surface area contributed by atoms with Crippen molar-refractivity contribution in [1.82, 2.24) is 10.3 Å². The number of hydrogen-bond donors (Lipinski definition) is 2. The molecule has 0 aliphatic carbocycles. The molecule has 0 spiro atoms. The van der Waals surface area contributed by atoms with E-state index in [-0.39, 0.29) is 18.1 Å². The van der Waals surface area contributed by atoms with E-state index in [1.807, 2.05) is 38.2 Å². The summed E-state index contributed by atoms with van der Waals surface area (Å²) in [6, 6.07) is 7.85. The predicted molar refractivity (Wildman–Crippen MR) is 82.6 cm³/mol. The number of benzene rings is 1. The smallest absolute Gasteiger partial charge is 0.253 e. The van der Waals surface area contributed by atoms with Crippen LogP contribution in [0.1, 0.15) is 23.7 Å². The zero-order chi connectivity index (χ0) is 14.8. The molecule has 2 N–H and O–H groups in total. The van der Waals surface area contributed by atoms with E-state index in [1.54, 1.807) is 6.20 Å². The fraction of sp³-hybridized carbons (Fsp3) is 0.375. The number of hydrogen-bond acceptors (Lipinski definition) is 4. The van der Waals surface area contributed by atoms with E-state index >= 15 is 0 Å². The molecule has 2 aromatic rings. The van der Waals surface area contributed by atoms with Gasteiger partial charge in [-0.2, -0.15) is 0 Å². The molecule has 1 amide bonds. The summed E-state index contributed by atoms with van der Waals surface area (Å²) < 4.78 is 5.49. The second-order valence-corrected chi connectivity index (χ2v) is 5.26. The van der Waals surface area contributed by atoms with Gasteiger partial charge in [0.1, 0.15) is 5.82 Å². The number of pyridine rings is 1. The number of fused-ring (bicyclic) bond motifs is 1. The first-order chi connectivity index (χ1) is 10.2. The Bertz CT molecular complexity index is 672. The molecule has 0 radical (unpaired) electrons. The first-order valence-corrected chi connectivity index (χ1v) is 7.18. The first-order valence-electron chi connectivity index (χ1n) is 7.18. The first kappa shape index (κ1) is 13.8. The molecule has 1 aromatic heterocycles. The van der Waals surface area contributed by atoms with Gasteiger partial charge in [0.25, 0.3) is 5.91 Å². The van der Waals surface area contributed by atoms with E-state index in [2.05, 4.69) is 15.6 Å². The molecule has 1 fully saturated rings. The summed E-state index contributed by atoms with van der Waals surface area (Å²) in [5.74, 6) is 0.684. The van der Waals surface area contributed by atoms with Crippen LogP contribution in [-0.2, 0) is 4.74 Å². The zero-order valence-electron chi connectivity index (χ0n) is 12.2. The van der Waals surface area contributed by atoms with Crippen molar-refractivity contribution >= 4 is 22.5 Å². The average Bonchev–Trinajstić information content (AvgIpc) is 2.91. The topological polar surface area (TPSA) is 63.2 Å². The number of aromatic nitrogens is 1. The SMILES string of the molecule is CNc1ncc(C(=O)NC2CCOC2C)c2ccccc12. The summed E-state index contributed by atoms with van der Waals surface area (Å²) in [4.78, 5) is 16.9. The Balaban J connectivity index is 1.95. The molecule has 2 atom stereocenters. The van der Waals surface area contributed by atoms with Crippen molar-refractivity contribution in [3.05, 3.63) is 36.0 Å². The third-order valence-corrected chi connectivity index (χ3v) is 3.97. The lowest BCUT2D eigenvalue weighted by molar-refractivity contribution is 0.0867. The van der Waals surface area contributed by atoms with Gasteiger partial charge in [-0.3, -0.25) is 4.79 Å². The lowest BCUT2D eigenvalue weighted by Crippen LogP contribution is -2.39. The maximum Gasteiger partial charge on any atom is 0.253 e. The molecule has 21 heavy (non-hydrogen) atoms. The Morgan fingerprint density at radius 2 is 2.10 bits per heavy atom.